The highest BCUT2D eigenvalue weighted by atomic mass is 79.9. The Labute approximate surface area is 91.6 Å². The van der Waals surface area contributed by atoms with Crippen LogP contribution in [0.4, 0.5) is 4.39 Å². The van der Waals surface area contributed by atoms with Gasteiger partial charge in [0.1, 0.15) is 0 Å². The third kappa shape index (κ3) is 2.45. The number of hydrogen-bond acceptors (Lipinski definition) is 2. The largest absolute Gasteiger partial charge is 0.494 e. The van der Waals surface area contributed by atoms with Crippen LogP contribution in [0, 0.1) is 5.82 Å². The van der Waals surface area contributed by atoms with E-state index >= 15 is 0 Å². The Morgan fingerprint density at radius 3 is 2.79 bits per heavy atom. The van der Waals surface area contributed by atoms with Crippen LogP contribution in [0.25, 0.3) is 0 Å². The maximum absolute atomic E-state index is 13.7. The predicted molar refractivity (Wildman–Crippen MR) is 58.3 cm³/mol. The molecule has 0 spiro atoms. The van der Waals surface area contributed by atoms with Gasteiger partial charge in [0, 0.05) is 10.0 Å². The van der Waals surface area contributed by atoms with E-state index in [4.69, 9.17) is 4.74 Å². The highest BCUT2D eigenvalue weighted by Crippen LogP contribution is 2.27. The minimum Gasteiger partial charge on any atom is -0.494 e. The average Bonchev–Trinajstić information content (AvgIpc) is 2.18. The Hall–Kier alpha value is -0.610. The van der Waals surface area contributed by atoms with Crippen LogP contribution in [0.15, 0.2) is 16.6 Å². The molecule has 78 valence electrons. The molecule has 0 heterocycles. The van der Waals surface area contributed by atoms with Gasteiger partial charge in [-0.05, 0) is 32.1 Å². The first-order valence-electron chi connectivity index (χ1n) is 4.36. The molecule has 14 heavy (non-hydrogen) atoms. The van der Waals surface area contributed by atoms with Gasteiger partial charge >= 0.3 is 0 Å². The molecule has 1 aromatic carbocycles. The lowest BCUT2D eigenvalue weighted by Gasteiger charge is -2.09. The van der Waals surface area contributed by atoms with E-state index in [0.717, 1.165) is 11.0 Å². The van der Waals surface area contributed by atoms with Crippen molar-refractivity contribution in [3.63, 3.8) is 0 Å². The summed E-state index contributed by atoms with van der Waals surface area (Å²) in [7, 11) is 3.31. The molecule has 0 bridgehead atoms. The molecule has 0 unspecified atom stereocenters. The number of ether oxygens (including phenoxy) is 1. The van der Waals surface area contributed by atoms with E-state index in [1.165, 1.54) is 7.11 Å². The molecule has 1 rings (SSSR count). The van der Waals surface area contributed by atoms with Crippen molar-refractivity contribution in [3.8, 4) is 5.75 Å². The molecule has 0 saturated carbocycles. The molecule has 0 aliphatic carbocycles. The zero-order valence-corrected chi connectivity index (χ0v) is 9.82. The number of likely N-dealkylation sites (N-methyl/N-ethyl adjacent to an activating group) is 1. The standard InChI is InChI=1S/C10H13BrFNO/c1-13-6-5-7-8(11)3-4-9(14-2)10(7)12/h3-4,13H,5-6H2,1-2H3. The number of rotatable bonds is 4. The van der Waals surface area contributed by atoms with E-state index in [0.29, 0.717) is 17.7 Å². The van der Waals surface area contributed by atoms with Gasteiger partial charge in [-0.2, -0.15) is 0 Å². The number of benzene rings is 1. The summed E-state index contributed by atoms with van der Waals surface area (Å²) in [6, 6.07) is 3.41. The number of halogens is 2. The van der Waals surface area contributed by atoms with Gasteiger partial charge in [-0.25, -0.2) is 4.39 Å². The Bertz CT molecular complexity index is 317. The Balaban J connectivity index is 2.99. The van der Waals surface area contributed by atoms with Gasteiger partial charge in [0.2, 0.25) is 0 Å². The van der Waals surface area contributed by atoms with E-state index in [2.05, 4.69) is 21.2 Å². The zero-order chi connectivity index (χ0) is 10.6. The lowest BCUT2D eigenvalue weighted by Crippen LogP contribution is -2.12. The second kappa shape index (κ2) is 5.32. The van der Waals surface area contributed by atoms with Crippen LogP contribution in [0.5, 0.6) is 5.75 Å². The highest BCUT2D eigenvalue weighted by molar-refractivity contribution is 9.10. The highest BCUT2D eigenvalue weighted by Gasteiger charge is 2.11. The number of hydrogen-bond donors (Lipinski definition) is 1. The summed E-state index contributed by atoms with van der Waals surface area (Å²) < 4.78 is 19.4. The number of methoxy groups -OCH3 is 1. The molecule has 0 aromatic heterocycles. The van der Waals surface area contributed by atoms with Crippen molar-refractivity contribution in [2.75, 3.05) is 20.7 Å². The molecular weight excluding hydrogens is 249 g/mol. The molecule has 0 amide bonds. The van der Waals surface area contributed by atoms with Crippen molar-refractivity contribution in [3.05, 3.63) is 28.0 Å². The van der Waals surface area contributed by atoms with E-state index in [1.54, 1.807) is 12.1 Å². The second-order valence-corrected chi connectivity index (χ2v) is 3.75. The summed E-state index contributed by atoms with van der Waals surface area (Å²) in [6.07, 6.45) is 0.639. The van der Waals surface area contributed by atoms with Crippen molar-refractivity contribution in [2.24, 2.45) is 0 Å². The van der Waals surface area contributed by atoms with Crippen LogP contribution in [0.3, 0.4) is 0 Å². The van der Waals surface area contributed by atoms with Crippen LogP contribution in [-0.4, -0.2) is 20.7 Å². The first-order valence-corrected chi connectivity index (χ1v) is 5.15. The van der Waals surface area contributed by atoms with Crippen molar-refractivity contribution in [2.45, 2.75) is 6.42 Å². The molecular formula is C10H13BrFNO. The van der Waals surface area contributed by atoms with Crippen molar-refractivity contribution < 1.29 is 9.13 Å². The van der Waals surface area contributed by atoms with E-state index in [-0.39, 0.29) is 5.82 Å². The van der Waals surface area contributed by atoms with Gasteiger partial charge in [-0.1, -0.05) is 15.9 Å². The third-order valence-electron chi connectivity index (χ3n) is 2.00. The minimum atomic E-state index is -0.280. The Morgan fingerprint density at radius 2 is 2.21 bits per heavy atom. The second-order valence-electron chi connectivity index (χ2n) is 2.90. The van der Waals surface area contributed by atoms with Gasteiger partial charge in [-0.3, -0.25) is 0 Å². The van der Waals surface area contributed by atoms with Crippen molar-refractivity contribution >= 4 is 15.9 Å². The van der Waals surface area contributed by atoms with E-state index in [9.17, 15) is 4.39 Å². The molecule has 0 aliphatic rings. The molecule has 0 radical (unpaired) electrons. The predicted octanol–water partition coefficient (Wildman–Crippen LogP) is 2.36. The zero-order valence-electron chi connectivity index (χ0n) is 8.23. The molecule has 1 aromatic rings. The quantitative estimate of drug-likeness (QED) is 0.899. The summed E-state index contributed by atoms with van der Waals surface area (Å²) in [5.41, 5.74) is 0.652. The molecule has 4 heteroatoms. The lowest BCUT2D eigenvalue weighted by molar-refractivity contribution is 0.383. The molecule has 0 aliphatic heterocycles. The van der Waals surface area contributed by atoms with Crippen LogP contribution in [0.1, 0.15) is 5.56 Å². The molecule has 1 N–H and O–H groups in total. The normalized spacial score (nSPS) is 10.3. The summed E-state index contributed by atoms with van der Waals surface area (Å²) in [6.45, 7) is 0.739. The maximum Gasteiger partial charge on any atom is 0.169 e. The van der Waals surface area contributed by atoms with Crippen LogP contribution in [-0.2, 0) is 6.42 Å². The van der Waals surface area contributed by atoms with Crippen LogP contribution < -0.4 is 10.1 Å². The summed E-state index contributed by atoms with van der Waals surface area (Å²) in [5, 5.41) is 2.98. The van der Waals surface area contributed by atoms with E-state index in [1.807, 2.05) is 7.05 Å². The Morgan fingerprint density at radius 1 is 1.50 bits per heavy atom. The summed E-state index contributed by atoms with van der Waals surface area (Å²) in [4.78, 5) is 0. The van der Waals surface area contributed by atoms with Gasteiger partial charge < -0.3 is 10.1 Å². The Kier molecular flexibility index (Phi) is 4.35. The molecule has 0 fully saturated rings. The fraction of sp³-hybridized carbons (Fsp3) is 0.400. The molecule has 2 nitrogen and oxygen atoms in total. The monoisotopic (exact) mass is 261 g/mol. The minimum absolute atomic E-state index is 0.280. The molecule has 0 saturated heterocycles. The van der Waals surface area contributed by atoms with Crippen molar-refractivity contribution in [1.29, 1.82) is 0 Å². The third-order valence-corrected chi connectivity index (χ3v) is 2.74. The van der Waals surface area contributed by atoms with E-state index < -0.39 is 0 Å². The molecule has 0 atom stereocenters. The van der Waals surface area contributed by atoms with Gasteiger partial charge in [0.05, 0.1) is 7.11 Å². The first-order chi connectivity index (χ1) is 6.70. The smallest absolute Gasteiger partial charge is 0.169 e. The lowest BCUT2D eigenvalue weighted by atomic mass is 10.1. The van der Waals surface area contributed by atoms with Crippen molar-refractivity contribution in [1.82, 2.24) is 5.32 Å². The maximum atomic E-state index is 13.7. The van der Waals surface area contributed by atoms with Gasteiger partial charge in [-0.15, -0.1) is 0 Å². The summed E-state index contributed by atoms with van der Waals surface area (Å²) in [5.74, 6) is 0.0106. The van der Waals surface area contributed by atoms with Crippen LogP contribution in [0.2, 0.25) is 0 Å². The van der Waals surface area contributed by atoms with Crippen LogP contribution >= 0.6 is 15.9 Å². The number of nitrogens with one attached hydrogen (secondary N) is 1. The SMILES string of the molecule is CNCCc1c(Br)ccc(OC)c1F. The van der Waals surface area contributed by atoms with Gasteiger partial charge in [0.15, 0.2) is 11.6 Å². The topological polar surface area (TPSA) is 21.3 Å². The first kappa shape index (κ1) is 11.5. The average molecular weight is 262 g/mol. The fourth-order valence-electron chi connectivity index (χ4n) is 1.21. The summed E-state index contributed by atoms with van der Waals surface area (Å²) >= 11 is 3.32. The van der Waals surface area contributed by atoms with Gasteiger partial charge in [0.25, 0.3) is 0 Å². The fourth-order valence-corrected chi connectivity index (χ4v) is 1.72.